The van der Waals surface area contributed by atoms with Gasteiger partial charge in [0.2, 0.25) is 0 Å². The lowest BCUT2D eigenvalue weighted by molar-refractivity contribution is 0.0707. The normalized spacial score (nSPS) is 21.4. The molecule has 0 bridgehead atoms. The Labute approximate surface area is 101 Å². The van der Waals surface area contributed by atoms with E-state index in [-0.39, 0.29) is 0 Å². The van der Waals surface area contributed by atoms with Crippen molar-refractivity contribution in [3.05, 3.63) is 23.8 Å². The number of ether oxygens (including phenoxy) is 1. The van der Waals surface area contributed by atoms with Gasteiger partial charge in [0.1, 0.15) is 0 Å². The van der Waals surface area contributed by atoms with Crippen molar-refractivity contribution in [1.29, 1.82) is 0 Å². The first-order valence-corrected chi connectivity index (χ1v) is 6.85. The maximum absolute atomic E-state index is 5.73. The molecule has 16 heavy (non-hydrogen) atoms. The number of unbranched alkanes of at least 4 members (excludes halogenated alkanes) is 3. The van der Waals surface area contributed by atoms with E-state index < -0.39 is 0 Å². The molecule has 1 nitrogen and oxygen atoms in total. The maximum Gasteiger partial charge on any atom is 0.0761 e. The second-order valence-corrected chi connectivity index (χ2v) is 4.59. The fraction of sp³-hybridized carbons (Fsp3) is 0.733. The van der Waals surface area contributed by atoms with Crippen LogP contribution in [0, 0.1) is 0 Å². The first kappa shape index (κ1) is 13.5. The monoisotopic (exact) mass is 222 g/mol. The molecule has 0 spiro atoms. The molecule has 0 saturated heterocycles. The van der Waals surface area contributed by atoms with Crippen molar-refractivity contribution in [2.45, 2.75) is 64.9 Å². The fourth-order valence-electron chi connectivity index (χ4n) is 1.97. The van der Waals surface area contributed by atoms with Crippen LogP contribution in [0.3, 0.4) is 0 Å². The molecule has 0 N–H and O–H groups in total. The van der Waals surface area contributed by atoms with Gasteiger partial charge in [-0.25, -0.2) is 0 Å². The summed E-state index contributed by atoms with van der Waals surface area (Å²) in [5.41, 5.74) is 1.48. The van der Waals surface area contributed by atoms with E-state index in [1.54, 1.807) is 0 Å². The minimum atomic E-state index is 0.375. The molecule has 0 aromatic heterocycles. The highest BCUT2D eigenvalue weighted by Gasteiger charge is 2.11. The van der Waals surface area contributed by atoms with Crippen molar-refractivity contribution in [1.82, 2.24) is 0 Å². The molecule has 92 valence electrons. The molecular weight excluding hydrogens is 196 g/mol. The topological polar surface area (TPSA) is 9.23 Å². The fourth-order valence-corrected chi connectivity index (χ4v) is 1.97. The van der Waals surface area contributed by atoms with Crippen LogP contribution in [0.1, 0.15) is 58.8 Å². The van der Waals surface area contributed by atoms with Gasteiger partial charge in [0.05, 0.1) is 12.7 Å². The van der Waals surface area contributed by atoms with Crippen LogP contribution in [0.5, 0.6) is 0 Å². The second-order valence-electron chi connectivity index (χ2n) is 4.59. The number of allylic oxidation sites excluding steroid dienone is 2. The van der Waals surface area contributed by atoms with E-state index in [1.807, 2.05) is 0 Å². The molecule has 0 amide bonds. The van der Waals surface area contributed by atoms with Crippen LogP contribution >= 0.6 is 0 Å². The molecule has 1 aliphatic rings. The highest BCUT2D eigenvalue weighted by Crippen LogP contribution is 2.18. The third kappa shape index (κ3) is 5.50. The van der Waals surface area contributed by atoms with Gasteiger partial charge in [0.15, 0.2) is 0 Å². The second kappa shape index (κ2) is 8.58. The molecule has 1 rings (SSSR count). The molecule has 1 aliphatic heterocycles. The van der Waals surface area contributed by atoms with Crippen LogP contribution in [0.4, 0.5) is 0 Å². The molecule has 0 saturated carbocycles. The summed E-state index contributed by atoms with van der Waals surface area (Å²) in [6.07, 6.45) is 15.9. The minimum Gasteiger partial charge on any atom is -0.374 e. The molecule has 1 atom stereocenters. The van der Waals surface area contributed by atoms with Crippen LogP contribution in [0.25, 0.3) is 0 Å². The molecule has 1 unspecified atom stereocenters. The quantitative estimate of drug-likeness (QED) is 0.570. The Kier molecular flexibility index (Phi) is 7.24. The predicted molar refractivity (Wildman–Crippen MR) is 70.6 cm³/mol. The van der Waals surface area contributed by atoms with Gasteiger partial charge in [-0.15, -0.1) is 0 Å². The summed E-state index contributed by atoms with van der Waals surface area (Å²) in [7, 11) is 0. The molecule has 0 aromatic rings. The van der Waals surface area contributed by atoms with E-state index in [9.17, 15) is 0 Å². The predicted octanol–water partition coefficient (Wildman–Crippen LogP) is 4.64. The molecule has 1 heterocycles. The smallest absolute Gasteiger partial charge is 0.0761 e. The van der Waals surface area contributed by atoms with Crippen molar-refractivity contribution in [2.24, 2.45) is 0 Å². The van der Waals surface area contributed by atoms with Gasteiger partial charge < -0.3 is 4.74 Å². The van der Waals surface area contributed by atoms with Gasteiger partial charge in [-0.05, 0) is 24.8 Å². The highest BCUT2D eigenvalue weighted by molar-refractivity contribution is 5.21. The van der Waals surface area contributed by atoms with Crippen LogP contribution in [0.15, 0.2) is 23.8 Å². The Morgan fingerprint density at radius 3 is 2.88 bits per heavy atom. The summed E-state index contributed by atoms with van der Waals surface area (Å²) in [6.45, 7) is 5.37. The van der Waals surface area contributed by atoms with Gasteiger partial charge >= 0.3 is 0 Å². The first-order chi connectivity index (χ1) is 7.86. The van der Waals surface area contributed by atoms with Crippen LogP contribution in [-0.4, -0.2) is 12.7 Å². The lowest BCUT2D eigenvalue weighted by atomic mass is 10.0. The molecule has 0 fully saturated rings. The van der Waals surface area contributed by atoms with Gasteiger partial charge in [-0.1, -0.05) is 57.8 Å². The van der Waals surface area contributed by atoms with Gasteiger partial charge in [-0.2, -0.15) is 0 Å². The minimum absolute atomic E-state index is 0.375. The summed E-state index contributed by atoms with van der Waals surface area (Å²) in [5.74, 6) is 0. The zero-order valence-corrected chi connectivity index (χ0v) is 10.9. The van der Waals surface area contributed by atoms with Crippen LogP contribution in [-0.2, 0) is 4.74 Å². The average Bonchev–Trinajstić information content (AvgIpc) is 2.33. The number of hydrogen-bond acceptors (Lipinski definition) is 1. The van der Waals surface area contributed by atoms with Crippen LogP contribution < -0.4 is 0 Å². The molecule has 1 heteroatoms. The van der Waals surface area contributed by atoms with Crippen molar-refractivity contribution in [3.8, 4) is 0 Å². The third-order valence-electron chi connectivity index (χ3n) is 3.02. The molecular formula is C15H26O. The van der Waals surface area contributed by atoms with Crippen molar-refractivity contribution in [2.75, 3.05) is 6.61 Å². The van der Waals surface area contributed by atoms with Crippen molar-refractivity contribution in [3.63, 3.8) is 0 Å². The van der Waals surface area contributed by atoms with Crippen LogP contribution in [0.2, 0.25) is 0 Å². The first-order valence-electron chi connectivity index (χ1n) is 6.85. The van der Waals surface area contributed by atoms with Crippen molar-refractivity contribution < 1.29 is 4.74 Å². The Hall–Kier alpha value is -0.560. The molecule has 0 radical (unpaired) electrons. The SMILES string of the molecule is CCCC/C=C/C1=CC(CCCC)OCC1. The number of hydrogen-bond donors (Lipinski definition) is 0. The summed E-state index contributed by atoms with van der Waals surface area (Å²) in [4.78, 5) is 0. The van der Waals surface area contributed by atoms with E-state index in [0.717, 1.165) is 13.0 Å². The average molecular weight is 222 g/mol. The van der Waals surface area contributed by atoms with E-state index in [0.29, 0.717) is 6.10 Å². The standard InChI is InChI=1S/C15H26O/c1-3-5-7-8-9-14-11-12-16-15(13-14)10-6-4-2/h8-9,13,15H,3-7,10-12H2,1-2H3/b9-8+. The lowest BCUT2D eigenvalue weighted by Crippen LogP contribution is -2.16. The van der Waals surface area contributed by atoms with E-state index in [1.165, 1.54) is 44.1 Å². The Bertz CT molecular complexity index is 228. The lowest BCUT2D eigenvalue weighted by Gasteiger charge is -2.20. The highest BCUT2D eigenvalue weighted by atomic mass is 16.5. The Morgan fingerprint density at radius 1 is 1.31 bits per heavy atom. The largest absolute Gasteiger partial charge is 0.374 e. The maximum atomic E-state index is 5.73. The summed E-state index contributed by atoms with van der Waals surface area (Å²) in [5, 5.41) is 0. The third-order valence-corrected chi connectivity index (χ3v) is 3.02. The Balaban J connectivity index is 2.33. The molecule has 0 aromatic carbocycles. The summed E-state index contributed by atoms with van der Waals surface area (Å²) in [6, 6.07) is 0. The van der Waals surface area contributed by atoms with E-state index >= 15 is 0 Å². The number of rotatable bonds is 7. The van der Waals surface area contributed by atoms with Gasteiger partial charge in [0, 0.05) is 0 Å². The van der Waals surface area contributed by atoms with Crippen molar-refractivity contribution >= 4 is 0 Å². The summed E-state index contributed by atoms with van der Waals surface area (Å²) < 4.78 is 5.73. The van der Waals surface area contributed by atoms with E-state index in [2.05, 4.69) is 32.1 Å². The Morgan fingerprint density at radius 2 is 2.12 bits per heavy atom. The zero-order chi connectivity index (χ0) is 11.6. The van der Waals surface area contributed by atoms with Gasteiger partial charge in [-0.3, -0.25) is 0 Å². The molecule has 0 aliphatic carbocycles. The zero-order valence-electron chi connectivity index (χ0n) is 10.9. The van der Waals surface area contributed by atoms with Gasteiger partial charge in [0.25, 0.3) is 0 Å². The summed E-state index contributed by atoms with van der Waals surface area (Å²) >= 11 is 0. The van der Waals surface area contributed by atoms with E-state index in [4.69, 9.17) is 4.74 Å².